The SMILES string of the molecule is COc1ccc(Cn2nc(N[C@H]3CC[C@H](O[Si](C)(C)C(C)(C)C)CC3)c3c(-c4cccc(NC(=O)c5ccc(C(C)(C)C)cc5)c4C)ccnc32)cc1. The summed E-state index contributed by atoms with van der Waals surface area (Å²) < 4.78 is 14.2. The summed E-state index contributed by atoms with van der Waals surface area (Å²) in [7, 11) is -0.158. The normalized spacial score (nSPS) is 16.8. The minimum absolute atomic E-state index is 0.0183. The van der Waals surface area contributed by atoms with Crippen LogP contribution in [0.5, 0.6) is 5.75 Å². The number of hydrogen-bond acceptors (Lipinski definition) is 6. The molecule has 1 aliphatic carbocycles. The number of carbonyl (C=O) groups is 1. The van der Waals surface area contributed by atoms with E-state index < -0.39 is 8.32 Å². The molecular formula is C44H57N5O3Si. The second-order valence-corrected chi connectivity index (χ2v) is 21.9. The Labute approximate surface area is 316 Å². The lowest BCUT2D eigenvalue weighted by Gasteiger charge is -2.41. The third-order valence-electron chi connectivity index (χ3n) is 11.3. The highest BCUT2D eigenvalue weighted by Gasteiger charge is 2.40. The van der Waals surface area contributed by atoms with Crippen molar-refractivity contribution >= 4 is 36.8 Å². The van der Waals surface area contributed by atoms with Gasteiger partial charge in [-0.05, 0) is 120 Å². The fraction of sp³-hybridized carbons (Fsp3) is 0.432. The Morgan fingerprint density at radius 2 is 1.57 bits per heavy atom. The first-order chi connectivity index (χ1) is 25.0. The molecule has 2 heterocycles. The molecule has 1 aliphatic rings. The highest BCUT2D eigenvalue weighted by molar-refractivity contribution is 6.74. The Morgan fingerprint density at radius 1 is 0.887 bits per heavy atom. The van der Waals surface area contributed by atoms with Crippen molar-refractivity contribution in [1.29, 1.82) is 0 Å². The molecule has 0 saturated heterocycles. The number of carbonyl (C=O) groups excluding carboxylic acids is 1. The van der Waals surface area contributed by atoms with Crippen LogP contribution in [0.15, 0.2) is 79.0 Å². The van der Waals surface area contributed by atoms with Gasteiger partial charge in [-0.2, -0.15) is 5.10 Å². The van der Waals surface area contributed by atoms with E-state index in [0.29, 0.717) is 18.2 Å². The molecule has 1 saturated carbocycles. The van der Waals surface area contributed by atoms with Gasteiger partial charge in [0.15, 0.2) is 19.8 Å². The van der Waals surface area contributed by atoms with Crippen LogP contribution in [-0.4, -0.2) is 48.2 Å². The zero-order valence-corrected chi connectivity index (χ0v) is 34.3. The Balaban J connectivity index is 1.31. The number of ether oxygens (including phenoxy) is 1. The Morgan fingerprint density at radius 3 is 2.19 bits per heavy atom. The Hall–Kier alpha value is -4.47. The number of nitrogens with zero attached hydrogens (tertiary/aromatic N) is 3. The van der Waals surface area contributed by atoms with Crippen LogP contribution in [0.4, 0.5) is 11.5 Å². The minimum Gasteiger partial charge on any atom is -0.497 e. The van der Waals surface area contributed by atoms with Crippen molar-refractivity contribution in [3.05, 3.63) is 101 Å². The predicted molar refractivity (Wildman–Crippen MR) is 221 cm³/mol. The molecule has 0 spiro atoms. The molecule has 1 fully saturated rings. The second kappa shape index (κ2) is 15.1. The number of methoxy groups -OCH3 is 1. The van der Waals surface area contributed by atoms with Crippen LogP contribution in [0.25, 0.3) is 22.2 Å². The average Bonchev–Trinajstić information content (AvgIpc) is 3.46. The van der Waals surface area contributed by atoms with Crippen molar-refractivity contribution in [2.75, 3.05) is 17.7 Å². The number of nitrogens with one attached hydrogen (secondary N) is 2. The molecule has 280 valence electrons. The average molecular weight is 732 g/mol. The largest absolute Gasteiger partial charge is 0.497 e. The Kier molecular flexibility index (Phi) is 10.9. The van der Waals surface area contributed by atoms with E-state index in [-0.39, 0.29) is 22.4 Å². The van der Waals surface area contributed by atoms with Gasteiger partial charge in [-0.3, -0.25) is 4.79 Å². The molecule has 0 atom stereocenters. The maximum atomic E-state index is 13.5. The number of aromatic nitrogens is 3. The maximum Gasteiger partial charge on any atom is 0.255 e. The molecule has 0 aliphatic heterocycles. The van der Waals surface area contributed by atoms with Gasteiger partial charge in [-0.1, -0.05) is 77.9 Å². The zero-order chi connectivity index (χ0) is 38.1. The van der Waals surface area contributed by atoms with Crippen LogP contribution < -0.4 is 15.4 Å². The standard InChI is InChI=1S/C44H57N5O3Si/c1-29-36(12-11-13-38(29)47-42(50)31-16-18-32(19-17-31)43(2,3)4)37-26-27-45-41-39(37)40(48-49(41)28-30-14-22-34(51-8)23-15-30)46-33-20-24-35(25-21-33)52-53(9,10)44(5,6)7/h11-19,22-23,26-27,33,35H,20-21,24-25,28H2,1-10H3,(H,46,48)(H,47,50)/t33-,35-. The van der Waals surface area contributed by atoms with E-state index in [2.05, 4.69) is 96.5 Å². The number of amides is 1. The summed E-state index contributed by atoms with van der Waals surface area (Å²) in [4.78, 5) is 18.4. The first-order valence-electron chi connectivity index (χ1n) is 19.0. The number of anilines is 2. The molecule has 3 aromatic carbocycles. The summed E-state index contributed by atoms with van der Waals surface area (Å²) in [5.41, 5.74) is 7.56. The predicted octanol–water partition coefficient (Wildman–Crippen LogP) is 10.8. The summed E-state index contributed by atoms with van der Waals surface area (Å²) in [6.07, 6.45) is 6.24. The highest BCUT2D eigenvalue weighted by Crippen LogP contribution is 2.41. The summed E-state index contributed by atoms with van der Waals surface area (Å²) in [6.45, 7) is 20.8. The highest BCUT2D eigenvalue weighted by atomic mass is 28.4. The first-order valence-corrected chi connectivity index (χ1v) is 21.9. The van der Waals surface area contributed by atoms with E-state index in [4.69, 9.17) is 19.2 Å². The third-order valence-corrected chi connectivity index (χ3v) is 15.8. The molecular weight excluding hydrogens is 675 g/mol. The zero-order valence-electron chi connectivity index (χ0n) is 33.3. The molecule has 0 unspecified atom stereocenters. The molecule has 53 heavy (non-hydrogen) atoms. The van der Waals surface area contributed by atoms with Crippen molar-refractivity contribution in [2.24, 2.45) is 0 Å². The van der Waals surface area contributed by atoms with Gasteiger partial charge < -0.3 is 19.8 Å². The van der Waals surface area contributed by atoms with E-state index >= 15 is 0 Å². The summed E-state index contributed by atoms with van der Waals surface area (Å²) in [5.74, 6) is 1.52. The van der Waals surface area contributed by atoms with Crippen molar-refractivity contribution in [2.45, 2.75) is 116 Å². The van der Waals surface area contributed by atoms with E-state index in [0.717, 1.165) is 76.2 Å². The lowest BCUT2D eigenvalue weighted by atomic mass is 9.86. The first kappa shape index (κ1) is 38.3. The fourth-order valence-electron chi connectivity index (χ4n) is 6.93. The molecule has 2 aromatic heterocycles. The van der Waals surface area contributed by atoms with E-state index in [9.17, 15) is 4.79 Å². The van der Waals surface area contributed by atoms with Crippen LogP contribution in [-0.2, 0) is 16.4 Å². The molecule has 2 N–H and O–H groups in total. The molecule has 8 nitrogen and oxygen atoms in total. The number of fused-ring (bicyclic) bond motifs is 1. The van der Waals surface area contributed by atoms with Crippen LogP contribution in [0.1, 0.15) is 94.3 Å². The number of benzene rings is 3. The quantitative estimate of drug-likeness (QED) is 0.139. The van der Waals surface area contributed by atoms with E-state index in [1.807, 2.05) is 59.4 Å². The summed E-state index contributed by atoms with van der Waals surface area (Å²) in [5, 5.41) is 13.4. The topological polar surface area (TPSA) is 90.3 Å². The van der Waals surface area contributed by atoms with E-state index in [1.54, 1.807) is 7.11 Å². The Bertz CT molecular complexity index is 2050. The van der Waals surface area contributed by atoms with Gasteiger partial charge in [-0.15, -0.1) is 0 Å². The number of pyridine rings is 1. The monoisotopic (exact) mass is 731 g/mol. The van der Waals surface area contributed by atoms with Crippen LogP contribution in [0.3, 0.4) is 0 Å². The van der Waals surface area contributed by atoms with Crippen LogP contribution in [0.2, 0.25) is 18.1 Å². The third kappa shape index (κ3) is 8.52. The molecule has 0 radical (unpaired) electrons. The summed E-state index contributed by atoms with van der Waals surface area (Å²) >= 11 is 0. The van der Waals surface area contributed by atoms with Gasteiger partial charge in [0.25, 0.3) is 5.91 Å². The lowest BCUT2D eigenvalue weighted by Crippen LogP contribution is -2.45. The van der Waals surface area contributed by atoms with Gasteiger partial charge in [-0.25, -0.2) is 9.67 Å². The van der Waals surface area contributed by atoms with Crippen molar-refractivity contribution in [3.63, 3.8) is 0 Å². The van der Waals surface area contributed by atoms with Crippen molar-refractivity contribution in [3.8, 4) is 16.9 Å². The molecule has 5 aromatic rings. The van der Waals surface area contributed by atoms with Gasteiger partial charge in [0, 0.05) is 29.6 Å². The van der Waals surface area contributed by atoms with E-state index in [1.165, 1.54) is 5.56 Å². The molecule has 0 bridgehead atoms. The van der Waals surface area contributed by atoms with Crippen LogP contribution in [0, 0.1) is 6.92 Å². The van der Waals surface area contributed by atoms with Gasteiger partial charge >= 0.3 is 0 Å². The molecule has 1 amide bonds. The van der Waals surface area contributed by atoms with Gasteiger partial charge in [0.05, 0.1) is 19.0 Å². The number of hydrogen-bond donors (Lipinski definition) is 2. The lowest BCUT2D eigenvalue weighted by molar-refractivity contribution is 0.102. The maximum absolute atomic E-state index is 13.5. The summed E-state index contributed by atoms with van der Waals surface area (Å²) in [6, 6.07) is 24.4. The minimum atomic E-state index is -1.84. The van der Waals surface area contributed by atoms with Crippen molar-refractivity contribution < 1.29 is 14.0 Å². The molecule has 6 rings (SSSR count). The second-order valence-electron chi connectivity index (χ2n) is 17.2. The molecule has 9 heteroatoms. The van der Waals surface area contributed by atoms with Gasteiger partial charge in [0.1, 0.15) is 5.75 Å². The van der Waals surface area contributed by atoms with Crippen molar-refractivity contribution in [1.82, 2.24) is 14.8 Å². The van der Waals surface area contributed by atoms with Crippen LogP contribution >= 0.6 is 0 Å². The fourth-order valence-corrected chi connectivity index (χ4v) is 8.35. The van der Waals surface area contributed by atoms with Gasteiger partial charge in [0.2, 0.25) is 0 Å². The number of rotatable bonds is 10. The smallest absolute Gasteiger partial charge is 0.255 e.